The van der Waals surface area contributed by atoms with E-state index in [4.69, 9.17) is 5.26 Å². The van der Waals surface area contributed by atoms with Gasteiger partial charge in [-0.3, -0.25) is 0 Å². The average molecular weight is 154 g/mol. The molecule has 0 aromatic rings. The Labute approximate surface area is 67.0 Å². The Morgan fingerprint density at radius 2 is 2.27 bits per heavy atom. The van der Waals surface area contributed by atoms with E-state index in [1.165, 1.54) is 0 Å². The van der Waals surface area contributed by atoms with Crippen LogP contribution in [-0.2, 0) is 0 Å². The van der Waals surface area contributed by atoms with Crippen molar-refractivity contribution in [2.75, 3.05) is 6.54 Å². The van der Waals surface area contributed by atoms with Gasteiger partial charge in [0.2, 0.25) is 0 Å². The molecule has 0 aromatic carbocycles. The fourth-order valence-electron chi connectivity index (χ4n) is 1.44. The van der Waals surface area contributed by atoms with Crippen molar-refractivity contribution in [1.29, 1.82) is 5.26 Å². The van der Waals surface area contributed by atoms with E-state index in [-0.39, 0.29) is 12.0 Å². The summed E-state index contributed by atoms with van der Waals surface area (Å²) in [6.45, 7) is 4.60. The average Bonchev–Trinajstić information content (AvgIpc) is 1.98. The molecular formula is C8H14N2O. The highest BCUT2D eigenvalue weighted by atomic mass is 16.3. The Balaban J connectivity index is 2.70. The number of nitriles is 1. The van der Waals surface area contributed by atoms with E-state index < -0.39 is 5.60 Å². The Hall–Kier alpha value is -0.590. The Morgan fingerprint density at radius 3 is 2.73 bits per heavy atom. The monoisotopic (exact) mass is 154 g/mol. The van der Waals surface area contributed by atoms with Crippen LogP contribution in [0.2, 0.25) is 0 Å². The second-order valence-electron chi connectivity index (χ2n) is 3.45. The third-order valence-corrected chi connectivity index (χ3v) is 2.40. The molecule has 1 fully saturated rings. The Bertz CT molecular complexity index is 187. The largest absolute Gasteiger partial charge is 0.375 e. The van der Waals surface area contributed by atoms with Gasteiger partial charge < -0.3 is 10.4 Å². The summed E-state index contributed by atoms with van der Waals surface area (Å²) in [7, 11) is 0. The summed E-state index contributed by atoms with van der Waals surface area (Å²) in [5.74, 6) is 0.0312. The van der Waals surface area contributed by atoms with E-state index >= 15 is 0 Å². The molecule has 0 unspecified atom stereocenters. The van der Waals surface area contributed by atoms with Crippen LogP contribution in [0.15, 0.2) is 0 Å². The smallest absolute Gasteiger partial charge is 0.156 e. The lowest BCUT2D eigenvalue weighted by Gasteiger charge is -2.36. The zero-order valence-corrected chi connectivity index (χ0v) is 6.96. The van der Waals surface area contributed by atoms with E-state index in [2.05, 4.69) is 5.32 Å². The van der Waals surface area contributed by atoms with Crippen molar-refractivity contribution in [2.45, 2.75) is 31.9 Å². The second-order valence-corrected chi connectivity index (χ2v) is 3.45. The predicted octanol–water partition coefficient (Wildman–Crippen LogP) is 0.259. The van der Waals surface area contributed by atoms with Crippen LogP contribution in [0.25, 0.3) is 0 Å². The number of hydrogen-bond acceptors (Lipinski definition) is 3. The molecule has 11 heavy (non-hydrogen) atoms. The molecule has 3 atom stereocenters. The van der Waals surface area contributed by atoms with Crippen LogP contribution in [0.5, 0.6) is 0 Å². The fraction of sp³-hybridized carbons (Fsp3) is 0.875. The van der Waals surface area contributed by atoms with Crippen molar-refractivity contribution in [3.8, 4) is 6.07 Å². The first-order valence-corrected chi connectivity index (χ1v) is 3.95. The van der Waals surface area contributed by atoms with Gasteiger partial charge in [0.25, 0.3) is 0 Å². The molecule has 1 saturated heterocycles. The first-order chi connectivity index (χ1) is 5.08. The van der Waals surface area contributed by atoms with Crippen LogP contribution in [0.1, 0.15) is 20.3 Å². The lowest BCUT2D eigenvalue weighted by atomic mass is 9.81. The van der Waals surface area contributed by atoms with Gasteiger partial charge in [-0.25, -0.2) is 0 Å². The third kappa shape index (κ3) is 1.52. The summed E-state index contributed by atoms with van der Waals surface area (Å²) in [6.07, 6.45) is 0.532. The molecule has 0 aliphatic carbocycles. The standard InChI is InChI=1S/C8H14N2O/c1-6-4-10-7(2)3-8(6,11)5-9/h6-7,10-11H,3-4H2,1-2H3/t6-,7-,8+/m0/s1. The zero-order valence-electron chi connectivity index (χ0n) is 6.96. The quantitative estimate of drug-likeness (QED) is 0.492. The van der Waals surface area contributed by atoms with Crippen LogP contribution in [-0.4, -0.2) is 23.3 Å². The van der Waals surface area contributed by atoms with Gasteiger partial charge in [-0.05, 0) is 6.92 Å². The highest BCUT2D eigenvalue weighted by molar-refractivity contribution is 5.07. The van der Waals surface area contributed by atoms with E-state index in [0.717, 1.165) is 6.54 Å². The van der Waals surface area contributed by atoms with Crippen molar-refractivity contribution < 1.29 is 5.11 Å². The number of nitrogens with one attached hydrogen (secondary N) is 1. The molecule has 1 rings (SSSR count). The summed E-state index contributed by atoms with van der Waals surface area (Å²) >= 11 is 0. The van der Waals surface area contributed by atoms with Gasteiger partial charge >= 0.3 is 0 Å². The number of aliphatic hydroxyl groups is 1. The van der Waals surface area contributed by atoms with Gasteiger partial charge in [-0.2, -0.15) is 5.26 Å². The van der Waals surface area contributed by atoms with E-state index in [9.17, 15) is 5.11 Å². The lowest BCUT2D eigenvalue weighted by Crippen LogP contribution is -2.52. The van der Waals surface area contributed by atoms with Crippen LogP contribution >= 0.6 is 0 Å². The number of piperidine rings is 1. The minimum atomic E-state index is -1.11. The third-order valence-electron chi connectivity index (χ3n) is 2.40. The van der Waals surface area contributed by atoms with E-state index in [0.29, 0.717) is 6.42 Å². The van der Waals surface area contributed by atoms with Gasteiger partial charge in [0, 0.05) is 24.9 Å². The molecule has 0 saturated carbocycles. The van der Waals surface area contributed by atoms with Crippen LogP contribution in [0, 0.1) is 17.2 Å². The highest BCUT2D eigenvalue weighted by Crippen LogP contribution is 2.25. The van der Waals surface area contributed by atoms with Gasteiger partial charge in [0.05, 0.1) is 6.07 Å². The summed E-state index contributed by atoms with van der Waals surface area (Å²) in [5.41, 5.74) is -1.11. The van der Waals surface area contributed by atoms with Crippen molar-refractivity contribution in [2.24, 2.45) is 5.92 Å². The Kier molecular flexibility index (Phi) is 2.17. The summed E-state index contributed by atoms with van der Waals surface area (Å²) < 4.78 is 0. The number of rotatable bonds is 0. The van der Waals surface area contributed by atoms with Crippen LogP contribution in [0.4, 0.5) is 0 Å². The molecule has 1 heterocycles. The minimum Gasteiger partial charge on any atom is -0.375 e. The maximum atomic E-state index is 9.72. The molecule has 0 amide bonds. The first-order valence-electron chi connectivity index (χ1n) is 3.95. The second kappa shape index (κ2) is 2.80. The van der Waals surface area contributed by atoms with Gasteiger partial charge in [-0.1, -0.05) is 6.92 Å². The molecule has 0 spiro atoms. The van der Waals surface area contributed by atoms with Crippen LogP contribution < -0.4 is 5.32 Å². The van der Waals surface area contributed by atoms with Crippen molar-refractivity contribution >= 4 is 0 Å². The van der Waals surface area contributed by atoms with Crippen molar-refractivity contribution in [3.05, 3.63) is 0 Å². The molecule has 2 N–H and O–H groups in total. The number of nitrogens with zero attached hydrogens (tertiary/aromatic N) is 1. The normalized spacial score (nSPS) is 44.9. The molecule has 3 nitrogen and oxygen atoms in total. The molecule has 0 bridgehead atoms. The zero-order chi connectivity index (χ0) is 8.48. The van der Waals surface area contributed by atoms with Crippen LogP contribution in [0.3, 0.4) is 0 Å². The molecule has 1 aliphatic rings. The van der Waals surface area contributed by atoms with Gasteiger partial charge in [0.1, 0.15) is 0 Å². The predicted molar refractivity (Wildman–Crippen MR) is 41.8 cm³/mol. The topological polar surface area (TPSA) is 56.0 Å². The maximum Gasteiger partial charge on any atom is 0.156 e. The summed E-state index contributed by atoms with van der Waals surface area (Å²) in [4.78, 5) is 0. The molecule has 0 aromatic heterocycles. The fourth-order valence-corrected chi connectivity index (χ4v) is 1.44. The number of hydrogen-bond donors (Lipinski definition) is 2. The van der Waals surface area contributed by atoms with Crippen molar-refractivity contribution in [1.82, 2.24) is 5.32 Å². The highest BCUT2D eigenvalue weighted by Gasteiger charge is 2.38. The molecule has 1 aliphatic heterocycles. The van der Waals surface area contributed by atoms with Crippen molar-refractivity contribution in [3.63, 3.8) is 0 Å². The van der Waals surface area contributed by atoms with Gasteiger partial charge in [0.15, 0.2) is 5.60 Å². The first kappa shape index (κ1) is 8.51. The Morgan fingerprint density at radius 1 is 1.64 bits per heavy atom. The summed E-state index contributed by atoms with van der Waals surface area (Å²) in [6, 6.07) is 2.22. The maximum absolute atomic E-state index is 9.72. The van der Waals surface area contributed by atoms with E-state index in [1.54, 1.807) is 0 Å². The molecular weight excluding hydrogens is 140 g/mol. The SMILES string of the molecule is C[C@H]1C[C@@](O)(C#N)[C@@H](C)CN1. The minimum absolute atomic E-state index is 0.0312. The molecule has 3 heteroatoms. The lowest BCUT2D eigenvalue weighted by molar-refractivity contribution is 0.00574. The van der Waals surface area contributed by atoms with Gasteiger partial charge in [-0.15, -0.1) is 0 Å². The molecule has 62 valence electrons. The van der Waals surface area contributed by atoms with E-state index in [1.807, 2.05) is 19.9 Å². The summed E-state index contributed by atoms with van der Waals surface area (Å²) in [5, 5.41) is 21.6. The molecule has 0 radical (unpaired) electrons.